The van der Waals surface area contributed by atoms with Crippen LogP contribution in [0.5, 0.6) is 0 Å². The molecule has 0 aliphatic heterocycles. The predicted octanol–water partition coefficient (Wildman–Crippen LogP) is 2.59. The lowest BCUT2D eigenvalue weighted by Crippen LogP contribution is -2.17. The minimum Gasteiger partial charge on any atom is -0.309 e. The molecule has 2 nitrogen and oxygen atoms in total. The second-order valence-electron chi connectivity index (χ2n) is 3.21. The maximum atomic E-state index is 13.0. The SMILES string of the molecule is CNC(c1ccsc1)c1cncc(F)c1. The molecule has 15 heavy (non-hydrogen) atoms. The van der Waals surface area contributed by atoms with Crippen LogP contribution in [0.25, 0.3) is 0 Å². The summed E-state index contributed by atoms with van der Waals surface area (Å²) in [5.41, 5.74) is 1.98. The zero-order valence-corrected chi connectivity index (χ0v) is 9.09. The molecule has 1 atom stereocenters. The van der Waals surface area contributed by atoms with Crippen molar-refractivity contribution in [1.82, 2.24) is 10.3 Å². The van der Waals surface area contributed by atoms with Crippen molar-refractivity contribution in [3.05, 3.63) is 52.2 Å². The van der Waals surface area contributed by atoms with E-state index in [1.165, 1.54) is 12.3 Å². The summed E-state index contributed by atoms with van der Waals surface area (Å²) in [6, 6.07) is 3.54. The van der Waals surface area contributed by atoms with E-state index in [-0.39, 0.29) is 11.9 Å². The third kappa shape index (κ3) is 2.22. The quantitative estimate of drug-likeness (QED) is 0.863. The molecule has 2 aromatic rings. The number of nitrogens with zero attached hydrogens (tertiary/aromatic N) is 1. The molecule has 2 heterocycles. The highest BCUT2D eigenvalue weighted by molar-refractivity contribution is 7.08. The monoisotopic (exact) mass is 222 g/mol. The normalized spacial score (nSPS) is 12.7. The first-order chi connectivity index (χ1) is 7.31. The third-order valence-corrected chi connectivity index (χ3v) is 2.93. The highest BCUT2D eigenvalue weighted by Gasteiger charge is 2.12. The van der Waals surface area contributed by atoms with Crippen LogP contribution in [0.15, 0.2) is 35.3 Å². The van der Waals surface area contributed by atoms with Crippen molar-refractivity contribution in [2.45, 2.75) is 6.04 Å². The summed E-state index contributed by atoms with van der Waals surface area (Å²) in [5.74, 6) is -0.303. The summed E-state index contributed by atoms with van der Waals surface area (Å²) in [5, 5.41) is 7.20. The second kappa shape index (κ2) is 4.51. The first kappa shape index (κ1) is 10.3. The smallest absolute Gasteiger partial charge is 0.141 e. The molecule has 0 aromatic carbocycles. The fourth-order valence-electron chi connectivity index (χ4n) is 1.55. The molecule has 78 valence electrons. The van der Waals surface area contributed by atoms with Crippen molar-refractivity contribution in [3.8, 4) is 0 Å². The molecule has 0 spiro atoms. The zero-order valence-electron chi connectivity index (χ0n) is 8.27. The fourth-order valence-corrected chi connectivity index (χ4v) is 2.24. The van der Waals surface area contributed by atoms with E-state index in [2.05, 4.69) is 10.3 Å². The van der Waals surface area contributed by atoms with E-state index in [0.29, 0.717) is 0 Å². The molecule has 0 fully saturated rings. The Morgan fingerprint density at radius 1 is 1.40 bits per heavy atom. The molecule has 2 rings (SSSR count). The van der Waals surface area contributed by atoms with E-state index in [4.69, 9.17) is 0 Å². The summed E-state index contributed by atoms with van der Waals surface area (Å²) < 4.78 is 13.0. The summed E-state index contributed by atoms with van der Waals surface area (Å²) >= 11 is 1.63. The summed E-state index contributed by atoms with van der Waals surface area (Å²) in [6.07, 6.45) is 2.89. The van der Waals surface area contributed by atoms with Crippen LogP contribution in [0.1, 0.15) is 17.2 Å². The molecular formula is C11H11FN2S. The Labute approximate surface area is 91.8 Å². The maximum absolute atomic E-state index is 13.0. The van der Waals surface area contributed by atoms with Crippen LogP contribution in [-0.2, 0) is 0 Å². The molecule has 0 saturated heterocycles. The summed E-state index contributed by atoms with van der Waals surface area (Å²) in [4.78, 5) is 3.85. The minimum absolute atomic E-state index is 0.0134. The van der Waals surface area contributed by atoms with E-state index >= 15 is 0 Å². The van der Waals surface area contributed by atoms with Gasteiger partial charge in [0.25, 0.3) is 0 Å². The van der Waals surface area contributed by atoms with E-state index in [9.17, 15) is 4.39 Å². The van der Waals surface area contributed by atoms with Gasteiger partial charge in [-0.15, -0.1) is 0 Å². The van der Waals surface area contributed by atoms with Gasteiger partial charge in [-0.25, -0.2) is 4.39 Å². The average Bonchev–Trinajstić information content (AvgIpc) is 2.72. The van der Waals surface area contributed by atoms with Gasteiger partial charge in [0.05, 0.1) is 12.2 Å². The molecule has 0 aliphatic rings. The molecule has 4 heteroatoms. The van der Waals surface area contributed by atoms with Gasteiger partial charge in [-0.05, 0) is 41.1 Å². The van der Waals surface area contributed by atoms with Crippen molar-refractivity contribution >= 4 is 11.3 Å². The highest BCUT2D eigenvalue weighted by atomic mass is 32.1. The second-order valence-corrected chi connectivity index (χ2v) is 3.99. The fraction of sp³-hybridized carbons (Fsp3) is 0.182. The molecule has 0 amide bonds. The van der Waals surface area contributed by atoms with E-state index < -0.39 is 0 Å². The average molecular weight is 222 g/mol. The Balaban J connectivity index is 2.35. The topological polar surface area (TPSA) is 24.9 Å². The van der Waals surface area contributed by atoms with Crippen LogP contribution in [0.2, 0.25) is 0 Å². The number of pyridine rings is 1. The number of hydrogen-bond donors (Lipinski definition) is 1. The first-order valence-corrected chi connectivity index (χ1v) is 5.55. The summed E-state index contributed by atoms with van der Waals surface area (Å²) in [6.45, 7) is 0. The molecule has 0 bridgehead atoms. The van der Waals surface area contributed by atoms with Crippen molar-refractivity contribution in [2.75, 3.05) is 7.05 Å². The number of aromatic nitrogens is 1. The van der Waals surface area contributed by atoms with Gasteiger partial charge in [0, 0.05) is 6.20 Å². The Morgan fingerprint density at radius 3 is 2.87 bits per heavy atom. The van der Waals surface area contributed by atoms with Crippen LogP contribution < -0.4 is 5.32 Å². The van der Waals surface area contributed by atoms with Gasteiger partial charge >= 0.3 is 0 Å². The largest absolute Gasteiger partial charge is 0.309 e. The molecule has 2 aromatic heterocycles. The highest BCUT2D eigenvalue weighted by Crippen LogP contribution is 2.23. The summed E-state index contributed by atoms with van der Waals surface area (Å²) in [7, 11) is 1.85. The number of halogens is 1. The van der Waals surface area contributed by atoms with E-state index in [1.807, 2.05) is 23.9 Å². The Morgan fingerprint density at radius 2 is 2.27 bits per heavy atom. The molecule has 1 unspecified atom stereocenters. The van der Waals surface area contributed by atoms with Gasteiger partial charge in [0.2, 0.25) is 0 Å². The molecule has 0 saturated carbocycles. The Kier molecular flexibility index (Phi) is 3.08. The van der Waals surface area contributed by atoms with Crippen LogP contribution in [0.4, 0.5) is 4.39 Å². The lowest BCUT2D eigenvalue weighted by Gasteiger charge is -2.14. The van der Waals surface area contributed by atoms with E-state index in [1.54, 1.807) is 17.5 Å². The molecule has 0 aliphatic carbocycles. The Hall–Kier alpha value is -1.26. The van der Waals surface area contributed by atoms with Gasteiger partial charge < -0.3 is 5.32 Å². The van der Waals surface area contributed by atoms with Crippen molar-refractivity contribution in [3.63, 3.8) is 0 Å². The molecule has 0 radical (unpaired) electrons. The number of nitrogens with one attached hydrogen (secondary N) is 1. The number of rotatable bonds is 3. The van der Waals surface area contributed by atoms with Crippen LogP contribution in [-0.4, -0.2) is 12.0 Å². The zero-order chi connectivity index (χ0) is 10.7. The van der Waals surface area contributed by atoms with Crippen LogP contribution in [0.3, 0.4) is 0 Å². The van der Waals surface area contributed by atoms with Gasteiger partial charge in [-0.3, -0.25) is 4.98 Å². The Bertz CT molecular complexity index is 428. The van der Waals surface area contributed by atoms with Gasteiger partial charge in [-0.2, -0.15) is 11.3 Å². The maximum Gasteiger partial charge on any atom is 0.141 e. The lowest BCUT2D eigenvalue weighted by molar-refractivity contribution is 0.609. The lowest BCUT2D eigenvalue weighted by atomic mass is 10.0. The van der Waals surface area contributed by atoms with Crippen LogP contribution >= 0.6 is 11.3 Å². The van der Waals surface area contributed by atoms with Crippen molar-refractivity contribution in [2.24, 2.45) is 0 Å². The predicted molar refractivity (Wildman–Crippen MR) is 59.4 cm³/mol. The van der Waals surface area contributed by atoms with Gasteiger partial charge in [-0.1, -0.05) is 0 Å². The number of hydrogen-bond acceptors (Lipinski definition) is 3. The first-order valence-electron chi connectivity index (χ1n) is 4.61. The van der Waals surface area contributed by atoms with Crippen molar-refractivity contribution < 1.29 is 4.39 Å². The third-order valence-electron chi connectivity index (χ3n) is 2.22. The van der Waals surface area contributed by atoms with Gasteiger partial charge in [0.1, 0.15) is 5.82 Å². The van der Waals surface area contributed by atoms with E-state index in [0.717, 1.165) is 11.1 Å². The standard InChI is InChI=1S/C11H11FN2S/c1-13-11(8-2-3-15-7-8)9-4-10(12)6-14-5-9/h2-7,11,13H,1H3. The van der Waals surface area contributed by atoms with Gasteiger partial charge in [0.15, 0.2) is 0 Å². The van der Waals surface area contributed by atoms with Crippen molar-refractivity contribution in [1.29, 1.82) is 0 Å². The number of thiophene rings is 1. The minimum atomic E-state index is -0.303. The molecular weight excluding hydrogens is 211 g/mol. The van der Waals surface area contributed by atoms with Crippen LogP contribution in [0, 0.1) is 5.82 Å². The molecule has 1 N–H and O–H groups in total.